The highest BCUT2D eigenvalue weighted by Crippen LogP contribution is 2.32. The summed E-state index contributed by atoms with van der Waals surface area (Å²) < 4.78 is 1.75. The van der Waals surface area contributed by atoms with E-state index in [4.69, 9.17) is 0 Å². The Morgan fingerprint density at radius 1 is 1.30 bits per heavy atom. The van der Waals surface area contributed by atoms with Gasteiger partial charge in [0.25, 0.3) is 11.8 Å². The van der Waals surface area contributed by atoms with E-state index in [1.54, 1.807) is 23.9 Å². The first kappa shape index (κ1) is 15.2. The number of pyridine rings is 1. The quantitative estimate of drug-likeness (QED) is 0.922. The smallest absolute Gasteiger partial charge is 0.269 e. The van der Waals surface area contributed by atoms with Gasteiger partial charge in [0.1, 0.15) is 5.69 Å². The average molecular weight is 313 g/mol. The molecular formula is C16H19N5O2. The van der Waals surface area contributed by atoms with Crippen LogP contribution in [-0.2, 0) is 7.05 Å². The predicted molar refractivity (Wildman–Crippen MR) is 83.8 cm³/mol. The van der Waals surface area contributed by atoms with Gasteiger partial charge in [-0.25, -0.2) is 0 Å². The van der Waals surface area contributed by atoms with Gasteiger partial charge in [-0.3, -0.25) is 19.3 Å². The van der Waals surface area contributed by atoms with Crippen LogP contribution in [0.3, 0.4) is 0 Å². The van der Waals surface area contributed by atoms with Crippen molar-refractivity contribution in [1.29, 1.82) is 0 Å². The zero-order valence-electron chi connectivity index (χ0n) is 13.2. The van der Waals surface area contributed by atoms with Gasteiger partial charge in [-0.05, 0) is 25.0 Å². The van der Waals surface area contributed by atoms with E-state index < -0.39 is 0 Å². The van der Waals surface area contributed by atoms with Crippen LogP contribution in [0.25, 0.3) is 0 Å². The first-order valence-electron chi connectivity index (χ1n) is 7.58. The lowest BCUT2D eigenvalue weighted by molar-refractivity contribution is 0.0734. The molecule has 0 bridgehead atoms. The second-order valence-electron chi connectivity index (χ2n) is 5.62. The lowest BCUT2D eigenvalue weighted by atomic mass is 10.1. The van der Waals surface area contributed by atoms with E-state index in [0.29, 0.717) is 11.3 Å². The number of amides is 2. The summed E-state index contributed by atoms with van der Waals surface area (Å²) in [7, 11) is 3.41. The molecule has 0 unspecified atom stereocenters. The molecule has 0 spiro atoms. The Kier molecular flexibility index (Phi) is 4.10. The molecule has 0 aromatic carbocycles. The molecule has 3 heterocycles. The molecule has 1 N–H and O–H groups in total. The third-order valence-electron chi connectivity index (χ3n) is 4.09. The Labute approximate surface area is 134 Å². The van der Waals surface area contributed by atoms with Gasteiger partial charge in [-0.15, -0.1) is 0 Å². The standard InChI is InChI=1S/C16H19N5O2/c1-17-15(22)13-6-5-11(8-18-13)16(23)21-7-3-4-14(21)12-9-19-20(2)10-12/h5-6,8-10,14H,3-4,7H2,1-2H3,(H,17,22)/t14-/m0/s1. The SMILES string of the molecule is CNC(=O)c1ccc(C(=O)N2CCC[C@H]2c2cnn(C)c2)cn1. The molecule has 2 aromatic heterocycles. The maximum Gasteiger partial charge on any atom is 0.269 e. The minimum absolute atomic E-state index is 0.0508. The highest BCUT2D eigenvalue weighted by Gasteiger charge is 2.31. The largest absolute Gasteiger partial charge is 0.354 e. The van der Waals surface area contributed by atoms with Gasteiger partial charge in [0.2, 0.25) is 0 Å². The number of nitrogens with one attached hydrogen (secondary N) is 1. The Balaban J connectivity index is 1.80. The zero-order valence-corrected chi connectivity index (χ0v) is 13.2. The molecule has 1 aliphatic heterocycles. The Hall–Kier alpha value is -2.70. The van der Waals surface area contributed by atoms with Gasteiger partial charge >= 0.3 is 0 Å². The average Bonchev–Trinajstić information content (AvgIpc) is 3.22. The van der Waals surface area contributed by atoms with Crippen molar-refractivity contribution in [3.8, 4) is 0 Å². The third kappa shape index (κ3) is 2.94. The van der Waals surface area contributed by atoms with Crippen molar-refractivity contribution in [2.75, 3.05) is 13.6 Å². The monoisotopic (exact) mass is 313 g/mol. The van der Waals surface area contributed by atoms with E-state index in [9.17, 15) is 9.59 Å². The summed E-state index contributed by atoms with van der Waals surface area (Å²) in [4.78, 5) is 30.2. The van der Waals surface area contributed by atoms with Crippen molar-refractivity contribution < 1.29 is 9.59 Å². The van der Waals surface area contributed by atoms with Crippen molar-refractivity contribution in [2.45, 2.75) is 18.9 Å². The van der Waals surface area contributed by atoms with Crippen LogP contribution < -0.4 is 5.32 Å². The van der Waals surface area contributed by atoms with Crippen LogP contribution in [0.15, 0.2) is 30.7 Å². The molecule has 7 heteroatoms. The fourth-order valence-corrected chi connectivity index (χ4v) is 2.92. The molecule has 1 aliphatic rings. The molecule has 1 atom stereocenters. The van der Waals surface area contributed by atoms with E-state index in [0.717, 1.165) is 24.9 Å². The van der Waals surface area contributed by atoms with Crippen molar-refractivity contribution in [3.05, 3.63) is 47.5 Å². The molecule has 23 heavy (non-hydrogen) atoms. The van der Waals surface area contributed by atoms with Gasteiger partial charge < -0.3 is 10.2 Å². The highest BCUT2D eigenvalue weighted by atomic mass is 16.2. The van der Waals surface area contributed by atoms with Crippen LogP contribution in [0.1, 0.15) is 45.3 Å². The molecule has 0 radical (unpaired) electrons. The van der Waals surface area contributed by atoms with Gasteiger partial charge in [-0.1, -0.05) is 0 Å². The molecule has 1 saturated heterocycles. The van der Waals surface area contributed by atoms with Crippen molar-refractivity contribution in [1.82, 2.24) is 25.0 Å². The summed E-state index contributed by atoms with van der Waals surface area (Å²) >= 11 is 0. The number of rotatable bonds is 3. The van der Waals surface area contributed by atoms with E-state index in [1.165, 1.54) is 6.20 Å². The molecule has 120 valence electrons. The summed E-state index contributed by atoms with van der Waals surface area (Å²) in [5, 5.41) is 6.70. The van der Waals surface area contributed by atoms with Gasteiger partial charge in [0.15, 0.2) is 0 Å². The summed E-state index contributed by atoms with van der Waals surface area (Å²) in [6, 6.07) is 3.27. The Morgan fingerprint density at radius 3 is 2.74 bits per heavy atom. The Morgan fingerprint density at radius 2 is 2.13 bits per heavy atom. The third-order valence-corrected chi connectivity index (χ3v) is 4.09. The molecule has 2 aromatic rings. The summed E-state index contributed by atoms with van der Waals surface area (Å²) in [5.74, 6) is -0.328. The van der Waals surface area contributed by atoms with Crippen LogP contribution in [0.2, 0.25) is 0 Å². The van der Waals surface area contributed by atoms with E-state index >= 15 is 0 Å². The van der Waals surface area contributed by atoms with Gasteiger partial charge in [-0.2, -0.15) is 5.10 Å². The van der Waals surface area contributed by atoms with Crippen LogP contribution in [-0.4, -0.2) is 45.1 Å². The van der Waals surface area contributed by atoms with Crippen LogP contribution in [0.4, 0.5) is 0 Å². The maximum atomic E-state index is 12.7. The van der Waals surface area contributed by atoms with E-state index in [2.05, 4.69) is 15.4 Å². The van der Waals surface area contributed by atoms with E-state index in [1.807, 2.05) is 24.3 Å². The van der Waals surface area contributed by atoms with Crippen LogP contribution in [0.5, 0.6) is 0 Å². The molecule has 1 fully saturated rings. The number of carbonyl (C=O) groups is 2. The number of hydrogen-bond acceptors (Lipinski definition) is 4. The van der Waals surface area contributed by atoms with Crippen molar-refractivity contribution >= 4 is 11.8 Å². The minimum atomic E-state index is -0.265. The number of likely N-dealkylation sites (tertiary alicyclic amines) is 1. The number of aromatic nitrogens is 3. The lowest BCUT2D eigenvalue weighted by Gasteiger charge is -2.23. The zero-order chi connectivity index (χ0) is 16.4. The molecule has 3 rings (SSSR count). The van der Waals surface area contributed by atoms with Crippen LogP contribution in [0, 0.1) is 0 Å². The maximum absolute atomic E-state index is 12.7. The van der Waals surface area contributed by atoms with E-state index in [-0.39, 0.29) is 17.9 Å². The fraction of sp³-hybridized carbons (Fsp3) is 0.375. The normalized spacial score (nSPS) is 17.3. The van der Waals surface area contributed by atoms with Gasteiger partial charge in [0, 0.05) is 38.6 Å². The Bertz CT molecular complexity index is 722. The first-order chi connectivity index (χ1) is 11.1. The number of nitrogens with zero attached hydrogens (tertiary/aromatic N) is 4. The predicted octanol–water partition coefficient (Wildman–Crippen LogP) is 1.15. The van der Waals surface area contributed by atoms with Crippen molar-refractivity contribution in [3.63, 3.8) is 0 Å². The molecule has 0 saturated carbocycles. The molecule has 0 aliphatic carbocycles. The molecule has 7 nitrogen and oxygen atoms in total. The second-order valence-corrected chi connectivity index (χ2v) is 5.62. The van der Waals surface area contributed by atoms with Crippen LogP contribution >= 0.6 is 0 Å². The summed E-state index contributed by atoms with van der Waals surface area (Å²) in [5.41, 5.74) is 1.84. The number of hydrogen-bond donors (Lipinski definition) is 1. The fourth-order valence-electron chi connectivity index (χ4n) is 2.92. The first-order valence-corrected chi connectivity index (χ1v) is 7.58. The topological polar surface area (TPSA) is 80.1 Å². The summed E-state index contributed by atoms with van der Waals surface area (Å²) in [6.45, 7) is 0.718. The number of aryl methyl sites for hydroxylation is 1. The molecule has 2 amide bonds. The number of carbonyl (C=O) groups excluding carboxylic acids is 2. The van der Waals surface area contributed by atoms with Crippen molar-refractivity contribution in [2.24, 2.45) is 7.05 Å². The molecular weight excluding hydrogens is 294 g/mol. The van der Waals surface area contributed by atoms with Gasteiger partial charge in [0.05, 0.1) is 17.8 Å². The lowest BCUT2D eigenvalue weighted by Crippen LogP contribution is -2.30. The second kappa shape index (κ2) is 6.20. The minimum Gasteiger partial charge on any atom is -0.354 e. The summed E-state index contributed by atoms with van der Waals surface area (Å²) in [6.07, 6.45) is 7.12. The highest BCUT2D eigenvalue weighted by molar-refractivity contribution is 5.96.